The van der Waals surface area contributed by atoms with Gasteiger partial charge in [-0.3, -0.25) is 0 Å². The summed E-state index contributed by atoms with van der Waals surface area (Å²) in [5.74, 6) is 1.03. The fraction of sp³-hybridized carbons (Fsp3) is 0.750. The molecule has 7 atom stereocenters. The molecule has 0 spiro atoms. The molecule has 2 saturated heterocycles. The minimum Gasteiger partial charge on any atom is -0.491 e. The number of ether oxygens (including phenoxy) is 5. The van der Waals surface area contributed by atoms with E-state index < -0.39 is 6.10 Å². The van der Waals surface area contributed by atoms with Crippen LogP contribution in [0.3, 0.4) is 0 Å². The van der Waals surface area contributed by atoms with Gasteiger partial charge < -0.3 is 33.9 Å². The SMILES string of the molecule is OCCCC/C=C\C[C@@H]1[C@@H](CC[C@H](COc2cccc(Cl)c2)OC2CCCCO2)[C@H](OC2CCCCO2)C[C@@H]1O. The van der Waals surface area contributed by atoms with Crippen LogP contribution in [0.1, 0.15) is 83.5 Å². The first-order chi connectivity index (χ1) is 19.6. The molecule has 1 aromatic rings. The van der Waals surface area contributed by atoms with Gasteiger partial charge in [-0.05, 0) is 107 Å². The number of hydrogen-bond donors (Lipinski definition) is 2. The maximum absolute atomic E-state index is 11.1. The van der Waals surface area contributed by atoms with Gasteiger partial charge in [-0.1, -0.05) is 29.8 Å². The molecular weight excluding hydrogens is 532 g/mol. The number of hydrogen-bond acceptors (Lipinski definition) is 7. The first-order valence-electron chi connectivity index (χ1n) is 15.5. The molecule has 2 N–H and O–H groups in total. The molecule has 3 aliphatic rings. The van der Waals surface area contributed by atoms with E-state index in [0.717, 1.165) is 96.0 Å². The standard InChI is InChI=1S/C32H49ClO7/c33-24-11-10-12-25(21-24)38-23-26(39-31-14-5-8-19-36-31)16-17-28-27(13-4-2-1-3-7-18-34)29(35)22-30(28)40-32-15-6-9-20-37-32/h2,4,10-12,21,26-32,34-35H,1,3,5-9,13-20,22-23H2/b4-2-/t26-,27-,28-,29+,30-,31?,32?/m1/s1. The van der Waals surface area contributed by atoms with E-state index in [1.807, 2.05) is 24.3 Å². The van der Waals surface area contributed by atoms with Crippen molar-refractivity contribution in [2.75, 3.05) is 26.4 Å². The van der Waals surface area contributed by atoms with E-state index >= 15 is 0 Å². The Morgan fingerprint density at radius 2 is 1.80 bits per heavy atom. The van der Waals surface area contributed by atoms with E-state index in [1.54, 1.807) is 0 Å². The Bertz CT molecular complexity index is 855. The van der Waals surface area contributed by atoms with Gasteiger partial charge in [-0.2, -0.15) is 0 Å². The molecule has 4 rings (SSSR count). The summed E-state index contributed by atoms with van der Waals surface area (Å²) in [6.07, 6.45) is 15.4. The molecule has 1 aromatic carbocycles. The van der Waals surface area contributed by atoms with Gasteiger partial charge in [0.1, 0.15) is 12.4 Å². The maximum Gasteiger partial charge on any atom is 0.158 e. The summed E-state index contributed by atoms with van der Waals surface area (Å²) in [4.78, 5) is 0. The highest BCUT2D eigenvalue weighted by atomic mass is 35.5. The molecule has 2 aliphatic heterocycles. The van der Waals surface area contributed by atoms with Crippen LogP contribution < -0.4 is 4.74 Å². The second-order valence-corrected chi connectivity index (χ2v) is 11.9. The average Bonchev–Trinajstić information content (AvgIpc) is 3.26. The van der Waals surface area contributed by atoms with E-state index in [-0.39, 0.29) is 43.2 Å². The molecule has 1 aliphatic carbocycles. The number of unbranched alkanes of at least 4 members (excludes halogenated alkanes) is 2. The minimum atomic E-state index is -0.413. The van der Waals surface area contributed by atoms with E-state index in [0.29, 0.717) is 18.1 Å². The number of aliphatic hydroxyl groups is 2. The third-order valence-electron chi connectivity index (χ3n) is 8.35. The van der Waals surface area contributed by atoms with Crippen molar-refractivity contribution in [3.63, 3.8) is 0 Å². The van der Waals surface area contributed by atoms with Crippen molar-refractivity contribution in [2.24, 2.45) is 11.8 Å². The molecule has 1 saturated carbocycles. The van der Waals surface area contributed by atoms with Crippen LogP contribution in [0, 0.1) is 11.8 Å². The third kappa shape index (κ3) is 10.6. The van der Waals surface area contributed by atoms with Crippen molar-refractivity contribution in [1.29, 1.82) is 0 Å². The van der Waals surface area contributed by atoms with Crippen LogP contribution in [0.4, 0.5) is 0 Å². The first kappa shape index (κ1) is 31.7. The Morgan fingerprint density at radius 1 is 1.00 bits per heavy atom. The highest BCUT2D eigenvalue weighted by Crippen LogP contribution is 2.41. The summed E-state index contributed by atoms with van der Waals surface area (Å²) < 4.78 is 30.9. The zero-order valence-electron chi connectivity index (χ0n) is 23.8. The normalized spacial score (nSPS) is 30.1. The zero-order valence-corrected chi connectivity index (χ0v) is 24.6. The van der Waals surface area contributed by atoms with Crippen LogP contribution in [0.2, 0.25) is 5.02 Å². The summed E-state index contributed by atoms with van der Waals surface area (Å²) in [6.45, 7) is 2.10. The van der Waals surface area contributed by atoms with Gasteiger partial charge in [0.05, 0.1) is 18.3 Å². The molecule has 0 aromatic heterocycles. The lowest BCUT2D eigenvalue weighted by Gasteiger charge is -2.32. The molecule has 2 unspecified atom stereocenters. The van der Waals surface area contributed by atoms with Gasteiger partial charge in [0.25, 0.3) is 0 Å². The van der Waals surface area contributed by atoms with Crippen molar-refractivity contribution in [3.05, 3.63) is 41.4 Å². The Labute approximate surface area is 245 Å². The fourth-order valence-electron chi connectivity index (χ4n) is 6.14. The van der Waals surface area contributed by atoms with Crippen LogP contribution in [-0.2, 0) is 18.9 Å². The van der Waals surface area contributed by atoms with Gasteiger partial charge in [-0.25, -0.2) is 0 Å². The maximum atomic E-state index is 11.1. The largest absolute Gasteiger partial charge is 0.491 e. The number of allylic oxidation sites excluding steroid dienone is 2. The highest BCUT2D eigenvalue weighted by Gasteiger charge is 2.43. The summed E-state index contributed by atoms with van der Waals surface area (Å²) in [5.41, 5.74) is 0. The lowest BCUT2D eigenvalue weighted by molar-refractivity contribution is -0.202. The molecule has 40 heavy (non-hydrogen) atoms. The summed E-state index contributed by atoms with van der Waals surface area (Å²) in [7, 11) is 0. The number of benzene rings is 1. The molecule has 3 fully saturated rings. The quantitative estimate of drug-likeness (QED) is 0.172. The topological polar surface area (TPSA) is 86.6 Å². The van der Waals surface area contributed by atoms with Crippen LogP contribution in [-0.4, -0.2) is 67.5 Å². The van der Waals surface area contributed by atoms with Crippen molar-refractivity contribution >= 4 is 11.6 Å². The smallest absolute Gasteiger partial charge is 0.158 e. The Balaban J connectivity index is 1.40. The van der Waals surface area contributed by atoms with E-state index in [2.05, 4.69) is 12.2 Å². The fourth-order valence-corrected chi connectivity index (χ4v) is 6.32. The third-order valence-corrected chi connectivity index (χ3v) is 8.58. The summed E-state index contributed by atoms with van der Waals surface area (Å²) in [6, 6.07) is 7.44. The molecule has 7 nitrogen and oxygen atoms in total. The molecule has 8 heteroatoms. The van der Waals surface area contributed by atoms with Crippen molar-refractivity contribution < 1.29 is 33.9 Å². The van der Waals surface area contributed by atoms with Gasteiger partial charge in [-0.15, -0.1) is 0 Å². The molecule has 0 radical (unpaired) electrons. The van der Waals surface area contributed by atoms with E-state index in [1.165, 1.54) is 0 Å². The van der Waals surface area contributed by atoms with Gasteiger partial charge in [0.15, 0.2) is 12.6 Å². The lowest BCUT2D eigenvalue weighted by Crippen LogP contribution is -2.34. The second-order valence-electron chi connectivity index (χ2n) is 11.4. The molecular formula is C32H49ClO7. The first-order valence-corrected chi connectivity index (χ1v) is 15.9. The molecule has 226 valence electrons. The number of rotatable bonds is 16. The molecule has 2 heterocycles. The van der Waals surface area contributed by atoms with Gasteiger partial charge in [0, 0.05) is 31.3 Å². The van der Waals surface area contributed by atoms with E-state index in [4.69, 9.17) is 40.4 Å². The predicted molar refractivity (Wildman–Crippen MR) is 155 cm³/mol. The number of halogens is 1. The number of aliphatic hydroxyl groups excluding tert-OH is 2. The van der Waals surface area contributed by atoms with Gasteiger partial charge in [0.2, 0.25) is 0 Å². The predicted octanol–water partition coefficient (Wildman–Crippen LogP) is 6.43. The van der Waals surface area contributed by atoms with Crippen LogP contribution in [0.15, 0.2) is 36.4 Å². The zero-order chi connectivity index (χ0) is 28.0. The Kier molecular flexibility index (Phi) is 14.0. The van der Waals surface area contributed by atoms with Crippen molar-refractivity contribution in [1.82, 2.24) is 0 Å². The van der Waals surface area contributed by atoms with Crippen LogP contribution in [0.5, 0.6) is 5.75 Å². The minimum absolute atomic E-state index is 0.0497. The van der Waals surface area contributed by atoms with Crippen molar-refractivity contribution in [3.8, 4) is 5.75 Å². The molecule has 0 amide bonds. The van der Waals surface area contributed by atoms with Crippen molar-refractivity contribution in [2.45, 2.75) is 114 Å². The van der Waals surface area contributed by atoms with Crippen LogP contribution >= 0.6 is 11.6 Å². The Hall–Kier alpha value is -1.19. The Morgan fingerprint density at radius 3 is 2.52 bits per heavy atom. The van der Waals surface area contributed by atoms with Crippen LogP contribution in [0.25, 0.3) is 0 Å². The monoisotopic (exact) mass is 580 g/mol. The summed E-state index contributed by atoms with van der Waals surface area (Å²) in [5, 5.41) is 20.8. The highest BCUT2D eigenvalue weighted by molar-refractivity contribution is 6.30. The van der Waals surface area contributed by atoms with E-state index in [9.17, 15) is 5.11 Å². The summed E-state index contributed by atoms with van der Waals surface area (Å²) >= 11 is 6.17. The van der Waals surface area contributed by atoms with Gasteiger partial charge >= 0.3 is 0 Å². The average molecular weight is 581 g/mol. The second kappa shape index (κ2) is 17.7. The lowest BCUT2D eigenvalue weighted by atomic mass is 9.86. The molecule has 0 bridgehead atoms.